The number of rotatable bonds is 7. The predicted octanol–water partition coefficient (Wildman–Crippen LogP) is 2.93. The number of carbonyl (C=O) groups is 1. The van der Waals surface area contributed by atoms with Crippen LogP contribution >= 0.6 is 11.3 Å². The van der Waals surface area contributed by atoms with Crippen LogP contribution in [0.25, 0.3) is 10.2 Å². The molecule has 27 heavy (non-hydrogen) atoms. The second-order valence-corrected chi connectivity index (χ2v) is 8.74. The molecule has 0 aliphatic carbocycles. The van der Waals surface area contributed by atoms with E-state index in [0.717, 1.165) is 47.7 Å². The number of thiophene rings is 1. The fraction of sp³-hybridized carbons (Fsp3) is 0.650. The van der Waals surface area contributed by atoms with Crippen LogP contribution in [0, 0.1) is 13.8 Å². The van der Waals surface area contributed by atoms with E-state index in [1.54, 1.807) is 20.8 Å². The number of carbonyl (C=O) groups excluding carboxylic acids is 1. The Balaban J connectivity index is 1.98. The number of aromatic nitrogens is 2. The lowest BCUT2D eigenvalue weighted by Crippen LogP contribution is -2.37. The molecule has 1 aliphatic heterocycles. The number of hydrogen-bond donors (Lipinski definition) is 0. The number of amides is 1. The molecule has 0 radical (unpaired) electrons. The summed E-state index contributed by atoms with van der Waals surface area (Å²) in [7, 11) is 1.81. The Morgan fingerprint density at radius 3 is 2.63 bits per heavy atom. The first kappa shape index (κ1) is 20.0. The zero-order chi connectivity index (χ0) is 19.6. The lowest BCUT2D eigenvalue weighted by molar-refractivity contribution is -0.130. The minimum atomic E-state index is -0.0757. The zero-order valence-corrected chi connectivity index (χ0v) is 17.7. The van der Waals surface area contributed by atoms with Crippen molar-refractivity contribution < 1.29 is 4.79 Å². The molecule has 148 valence electrons. The van der Waals surface area contributed by atoms with Gasteiger partial charge in [-0.3, -0.25) is 19.1 Å². The molecule has 0 atom stereocenters. The van der Waals surface area contributed by atoms with Gasteiger partial charge in [0.05, 0.1) is 11.9 Å². The predicted molar refractivity (Wildman–Crippen MR) is 110 cm³/mol. The molecule has 0 spiro atoms. The first-order valence-electron chi connectivity index (χ1n) is 9.88. The van der Waals surface area contributed by atoms with E-state index in [0.29, 0.717) is 17.8 Å². The van der Waals surface area contributed by atoms with Crippen molar-refractivity contribution >= 4 is 27.5 Å². The maximum absolute atomic E-state index is 13.3. The molecule has 0 aromatic carbocycles. The lowest BCUT2D eigenvalue weighted by Gasteiger charge is -2.21. The standard InChI is InChI=1S/C20H30N4O2S/c1-5-6-9-22(4)17(25)13-24-16(12-23-10-7-8-11-23)21-19-18(20(24)26)14(2)15(3)27-19/h5-13H2,1-4H3. The molecule has 3 heterocycles. The Bertz CT molecular complexity index is 880. The zero-order valence-electron chi connectivity index (χ0n) is 16.9. The van der Waals surface area contributed by atoms with E-state index in [4.69, 9.17) is 4.98 Å². The highest BCUT2D eigenvalue weighted by Gasteiger charge is 2.22. The molecule has 1 aliphatic rings. The summed E-state index contributed by atoms with van der Waals surface area (Å²) in [5.74, 6) is 0.687. The molecule has 1 saturated heterocycles. The van der Waals surface area contributed by atoms with E-state index in [9.17, 15) is 9.59 Å². The molecule has 6 nitrogen and oxygen atoms in total. The van der Waals surface area contributed by atoms with Crippen molar-refractivity contribution in [3.05, 3.63) is 26.6 Å². The summed E-state index contributed by atoms with van der Waals surface area (Å²) in [4.78, 5) is 36.8. The molecule has 1 amide bonds. The van der Waals surface area contributed by atoms with Gasteiger partial charge in [-0.1, -0.05) is 13.3 Å². The highest BCUT2D eigenvalue weighted by Crippen LogP contribution is 2.26. The van der Waals surface area contributed by atoms with Gasteiger partial charge >= 0.3 is 0 Å². The Morgan fingerprint density at radius 2 is 1.96 bits per heavy atom. The minimum absolute atomic E-state index is 0.0287. The molecule has 7 heteroatoms. The third kappa shape index (κ3) is 4.24. The molecule has 2 aromatic rings. The van der Waals surface area contributed by atoms with Gasteiger partial charge in [0.25, 0.3) is 5.56 Å². The summed E-state index contributed by atoms with van der Waals surface area (Å²) >= 11 is 1.57. The van der Waals surface area contributed by atoms with Gasteiger partial charge in [-0.25, -0.2) is 4.98 Å². The Hall–Kier alpha value is -1.73. The highest BCUT2D eigenvalue weighted by atomic mass is 32.1. The van der Waals surface area contributed by atoms with Gasteiger partial charge in [0.1, 0.15) is 17.2 Å². The van der Waals surface area contributed by atoms with Crippen molar-refractivity contribution in [2.24, 2.45) is 0 Å². The maximum Gasteiger partial charge on any atom is 0.263 e. The quantitative estimate of drug-likeness (QED) is 0.729. The second-order valence-electron chi connectivity index (χ2n) is 7.53. The van der Waals surface area contributed by atoms with Crippen LogP contribution in [-0.2, 0) is 17.9 Å². The molecular formula is C20H30N4O2S. The molecule has 0 N–H and O–H groups in total. The Morgan fingerprint density at radius 1 is 1.26 bits per heavy atom. The first-order chi connectivity index (χ1) is 12.9. The SMILES string of the molecule is CCCCN(C)C(=O)Cn1c(CN2CCCC2)nc2sc(C)c(C)c2c1=O. The fourth-order valence-electron chi connectivity index (χ4n) is 3.57. The molecule has 1 fully saturated rings. The summed E-state index contributed by atoms with van der Waals surface area (Å²) in [6.45, 7) is 9.58. The third-order valence-corrected chi connectivity index (χ3v) is 6.60. The van der Waals surface area contributed by atoms with Crippen LogP contribution in [0.15, 0.2) is 4.79 Å². The van der Waals surface area contributed by atoms with E-state index >= 15 is 0 Å². The van der Waals surface area contributed by atoms with Crippen LogP contribution in [0.1, 0.15) is 48.9 Å². The molecule has 0 unspecified atom stereocenters. The largest absolute Gasteiger partial charge is 0.344 e. The summed E-state index contributed by atoms with van der Waals surface area (Å²) in [5, 5.41) is 0.673. The van der Waals surface area contributed by atoms with Gasteiger partial charge < -0.3 is 4.90 Å². The Kier molecular flexibility index (Phi) is 6.32. The first-order valence-corrected chi connectivity index (χ1v) is 10.7. The van der Waals surface area contributed by atoms with Crippen LogP contribution < -0.4 is 5.56 Å². The number of likely N-dealkylation sites (tertiary alicyclic amines) is 1. The van der Waals surface area contributed by atoms with Crippen molar-refractivity contribution in [3.8, 4) is 0 Å². The minimum Gasteiger partial charge on any atom is -0.344 e. The summed E-state index contributed by atoms with van der Waals surface area (Å²) in [6, 6.07) is 0. The summed E-state index contributed by atoms with van der Waals surface area (Å²) < 4.78 is 1.62. The molecule has 3 rings (SSSR count). The van der Waals surface area contributed by atoms with E-state index in [2.05, 4.69) is 11.8 Å². The van der Waals surface area contributed by atoms with Crippen molar-refractivity contribution in [2.75, 3.05) is 26.7 Å². The van der Waals surface area contributed by atoms with Gasteiger partial charge in [0.2, 0.25) is 5.91 Å². The second kappa shape index (κ2) is 8.52. The van der Waals surface area contributed by atoms with Crippen LogP contribution in [0.5, 0.6) is 0 Å². The average molecular weight is 391 g/mol. The van der Waals surface area contributed by atoms with Crippen LogP contribution in [0.2, 0.25) is 0 Å². The smallest absolute Gasteiger partial charge is 0.263 e. The topological polar surface area (TPSA) is 58.4 Å². The van der Waals surface area contributed by atoms with Crippen molar-refractivity contribution in [1.29, 1.82) is 0 Å². The monoisotopic (exact) mass is 390 g/mol. The van der Waals surface area contributed by atoms with Crippen LogP contribution in [0.3, 0.4) is 0 Å². The number of fused-ring (bicyclic) bond motifs is 1. The molecule has 0 bridgehead atoms. The van der Waals surface area contributed by atoms with Crippen molar-refractivity contribution in [2.45, 2.75) is 59.5 Å². The summed E-state index contributed by atoms with van der Waals surface area (Å²) in [5.41, 5.74) is 0.911. The van der Waals surface area contributed by atoms with Gasteiger partial charge in [-0.05, 0) is 51.8 Å². The van der Waals surface area contributed by atoms with E-state index in [1.807, 2.05) is 20.9 Å². The number of aryl methyl sites for hydroxylation is 2. The highest BCUT2D eigenvalue weighted by molar-refractivity contribution is 7.18. The number of nitrogens with zero attached hydrogens (tertiary/aromatic N) is 4. The summed E-state index contributed by atoms with van der Waals surface area (Å²) in [6.07, 6.45) is 4.38. The third-order valence-electron chi connectivity index (χ3n) is 5.50. The van der Waals surface area contributed by atoms with Gasteiger partial charge in [0.15, 0.2) is 0 Å². The molecule has 2 aromatic heterocycles. The molecular weight excluding hydrogens is 360 g/mol. The van der Waals surface area contributed by atoms with Crippen LogP contribution in [0.4, 0.5) is 0 Å². The van der Waals surface area contributed by atoms with Gasteiger partial charge in [-0.2, -0.15) is 0 Å². The van der Waals surface area contributed by atoms with E-state index in [1.165, 1.54) is 12.8 Å². The Labute approximate surface area is 164 Å². The average Bonchev–Trinajstić information content (AvgIpc) is 3.24. The fourth-order valence-corrected chi connectivity index (χ4v) is 4.61. The van der Waals surface area contributed by atoms with Gasteiger partial charge in [0, 0.05) is 18.5 Å². The lowest BCUT2D eigenvalue weighted by atomic mass is 10.2. The maximum atomic E-state index is 13.3. The van der Waals surface area contributed by atoms with E-state index < -0.39 is 0 Å². The van der Waals surface area contributed by atoms with Crippen molar-refractivity contribution in [3.63, 3.8) is 0 Å². The molecule has 0 saturated carbocycles. The normalized spacial score (nSPS) is 15.0. The number of likely N-dealkylation sites (N-methyl/N-ethyl adjacent to an activating group) is 1. The van der Waals surface area contributed by atoms with Crippen LogP contribution in [-0.4, -0.2) is 51.9 Å². The number of hydrogen-bond acceptors (Lipinski definition) is 5. The van der Waals surface area contributed by atoms with Crippen molar-refractivity contribution in [1.82, 2.24) is 19.4 Å². The van der Waals surface area contributed by atoms with E-state index in [-0.39, 0.29) is 18.0 Å². The van der Waals surface area contributed by atoms with Gasteiger partial charge in [-0.15, -0.1) is 11.3 Å². The number of unbranched alkanes of at least 4 members (excludes halogenated alkanes) is 1.